The number of hydrogen-bond donors (Lipinski definition) is 1. The molecular formula is C15H11ClO3. The first-order valence-corrected chi connectivity index (χ1v) is 6.10. The summed E-state index contributed by atoms with van der Waals surface area (Å²) in [6.07, 6.45) is 0. The molecule has 19 heavy (non-hydrogen) atoms. The smallest absolute Gasteiger partial charge is 0.326 e. The van der Waals surface area contributed by atoms with Crippen LogP contribution in [0.2, 0.25) is 0 Å². The summed E-state index contributed by atoms with van der Waals surface area (Å²) in [5, 5.41) is 7.72. The fraction of sp³-hybridized carbons (Fsp3) is 0.0667. The number of carbonyl (C=O) groups is 2. The van der Waals surface area contributed by atoms with Crippen molar-refractivity contribution in [3.63, 3.8) is 0 Å². The Labute approximate surface area is 115 Å². The molecule has 96 valence electrons. The summed E-state index contributed by atoms with van der Waals surface area (Å²) in [5.41, 5.74) is 1.38. The fourth-order valence-corrected chi connectivity index (χ4v) is 1.87. The highest BCUT2D eigenvalue weighted by molar-refractivity contribution is 6.29. The zero-order chi connectivity index (χ0) is 13.8. The summed E-state index contributed by atoms with van der Waals surface area (Å²) in [7, 11) is 0. The van der Waals surface area contributed by atoms with Crippen molar-refractivity contribution >= 4 is 23.4 Å². The summed E-state index contributed by atoms with van der Waals surface area (Å²) in [6.45, 7) is 0. The van der Waals surface area contributed by atoms with Crippen LogP contribution in [-0.2, 0) is 4.79 Å². The lowest BCUT2D eigenvalue weighted by molar-refractivity contribution is -0.136. The van der Waals surface area contributed by atoms with E-state index in [1.807, 2.05) is 6.07 Å². The number of ketones is 1. The van der Waals surface area contributed by atoms with Crippen molar-refractivity contribution in [1.82, 2.24) is 0 Å². The van der Waals surface area contributed by atoms with Gasteiger partial charge in [-0.1, -0.05) is 48.5 Å². The van der Waals surface area contributed by atoms with Crippen molar-refractivity contribution in [2.75, 3.05) is 0 Å². The van der Waals surface area contributed by atoms with Crippen LogP contribution in [0.3, 0.4) is 0 Å². The van der Waals surface area contributed by atoms with Crippen LogP contribution in [0, 0.1) is 0 Å². The average Bonchev–Trinajstić information content (AvgIpc) is 2.46. The molecule has 0 heterocycles. The van der Waals surface area contributed by atoms with Crippen molar-refractivity contribution < 1.29 is 14.7 Å². The molecule has 0 aliphatic carbocycles. The predicted molar refractivity (Wildman–Crippen MR) is 72.5 cm³/mol. The Morgan fingerprint density at radius 1 is 0.947 bits per heavy atom. The monoisotopic (exact) mass is 274 g/mol. The van der Waals surface area contributed by atoms with E-state index in [0.29, 0.717) is 16.7 Å². The summed E-state index contributed by atoms with van der Waals surface area (Å²) in [5.74, 6) is -1.29. The Bertz CT molecular complexity index is 608. The van der Waals surface area contributed by atoms with Crippen LogP contribution >= 0.6 is 11.6 Å². The van der Waals surface area contributed by atoms with Crippen LogP contribution in [0.1, 0.15) is 26.9 Å². The van der Waals surface area contributed by atoms with Gasteiger partial charge < -0.3 is 5.11 Å². The van der Waals surface area contributed by atoms with E-state index >= 15 is 0 Å². The molecule has 3 nitrogen and oxygen atoms in total. The highest BCUT2D eigenvalue weighted by Gasteiger charge is 2.18. The standard InChI is InChI=1S/C15H11ClO3/c16-13(15(18)19)11-7-4-8-12(9-11)14(17)10-5-2-1-3-6-10/h1-9,13H,(H,18,19). The van der Waals surface area contributed by atoms with E-state index in [1.165, 1.54) is 6.07 Å². The predicted octanol–water partition coefficient (Wildman–Crippen LogP) is 3.28. The highest BCUT2D eigenvalue weighted by Crippen LogP contribution is 2.22. The molecule has 1 atom stereocenters. The molecule has 1 unspecified atom stereocenters. The summed E-state index contributed by atoms with van der Waals surface area (Å²) >= 11 is 5.75. The Kier molecular flexibility index (Phi) is 3.97. The molecule has 0 saturated heterocycles. The maximum atomic E-state index is 12.2. The first kappa shape index (κ1) is 13.3. The van der Waals surface area contributed by atoms with Gasteiger partial charge in [0.05, 0.1) is 0 Å². The van der Waals surface area contributed by atoms with E-state index in [2.05, 4.69) is 0 Å². The molecule has 0 spiro atoms. The van der Waals surface area contributed by atoms with E-state index in [9.17, 15) is 9.59 Å². The van der Waals surface area contributed by atoms with Gasteiger partial charge in [0.15, 0.2) is 11.2 Å². The SMILES string of the molecule is O=C(c1ccccc1)c1cccc(C(Cl)C(=O)O)c1. The molecule has 0 aliphatic heterocycles. The van der Waals surface area contributed by atoms with Crippen LogP contribution in [0.4, 0.5) is 0 Å². The van der Waals surface area contributed by atoms with Gasteiger partial charge in [-0.2, -0.15) is 0 Å². The van der Waals surface area contributed by atoms with Crippen molar-refractivity contribution in [2.45, 2.75) is 5.38 Å². The average molecular weight is 275 g/mol. The maximum Gasteiger partial charge on any atom is 0.326 e. The number of carbonyl (C=O) groups excluding carboxylic acids is 1. The number of benzene rings is 2. The van der Waals surface area contributed by atoms with Crippen molar-refractivity contribution in [2.24, 2.45) is 0 Å². The van der Waals surface area contributed by atoms with E-state index in [0.717, 1.165) is 0 Å². The van der Waals surface area contributed by atoms with E-state index < -0.39 is 11.3 Å². The highest BCUT2D eigenvalue weighted by atomic mass is 35.5. The van der Waals surface area contributed by atoms with E-state index in [1.54, 1.807) is 42.5 Å². The second-order valence-electron chi connectivity index (χ2n) is 4.02. The minimum Gasteiger partial charge on any atom is -0.480 e. The molecule has 2 aromatic rings. The van der Waals surface area contributed by atoms with Crippen LogP contribution in [0.5, 0.6) is 0 Å². The maximum absolute atomic E-state index is 12.2. The van der Waals surface area contributed by atoms with Crippen LogP contribution in [0.15, 0.2) is 54.6 Å². The number of carboxylic acids is 1. The second kappa shape index (κ2) is 5.67. The topological polar surface area (TPSA) is 54.4 Å². The number of carboxylic acid groups (broad SMARTS) is 1. The summed E-state index contributed by atoms with van der Waals surface area (Å²) in [4.78, 5) is 23.0. The van der Waals surface area contributed by atoms with Crippen molar-refractivity contribution in [3.05, 3.63) is 71.3 Å². The van der Waals surface area contributed by atoms with Crippen LogP contribution < -0.4 is 0 Å². The number of halogens is 1. The molecule has 1 N–H and O–H groups in total. The zero-order valence-corrected chi connectivity index (χ0v) is 10.7. The number of rotatable bonds is 4. The largest absolute Gasteiger partial charge is 0.480 e. The van der Waals surface area contributed by atoms with Gasteiger partial charge in [-0.25, -0.2) is 0 Å². The third-order valence-electron chi connectivity index (χ3n) is 2.69. The molecule has 4 heteroatoms. The summed E-state index contributed by atoms with van der Waals surface area (Å²) < 4.78 is 0. The number of alkyl halides is 1. The molecular weight excluding hydrogens is 264 g/mol. The quantitative estimate of drug-likeness (QED) is 0.688. The Hall–Kier alpha value is -2.13. The Morgan fingerprint density at radius 3 is 2.21 bits per heavy atom. The molecule has 0 radical (unpaired) electrons. The number of aliphatic carboxylic acids is 1. The molecule has 0 aromatic heterocycles. The first-order valence-electron chi connectivity index (χ1n) is 5.66. The van der Waals surface area contributed by atoms with Crippen LogP contribution in [0.25, 0.3) is 0 Å². The van der Waals surface area contributed by atoms with Gasteiger partial charge in [0.25, 0.3) is 0 Å². The first-order chi connectivity index (χ1) is 9.09. The Morgan fingerprint density at radius 2 is 1.58 bits per heavy atom. The minimum absolute atomic E-state index is 0.156. The van der Waals surface area contributed by atoms with Gasteiger partial charge in [0.1, 0.15) is 0 Å². The molecule has 0 amide bonds. The lowest BCUT2D eigenvalue weighted by Gasteiger charge is -2.07. The van der Waals surface area contributed by atoms with Gasteiger partial charge in [0.2, 0.25) is 0 Å². The second-order valence-corrected chi connectivity index (χ2v) is 4.46. The lowest BCUT2D eigenvalue weighted by Crippen LogP contribution is -2.07. The molecule has 2 rings (SSSR count). The van der Waals surface area contributed by atoms with Gasteiger partial charge in [-0.3, -0.25) is 9.59 Å². The molecule has 0 saturated carbocycles. The van der Waals surface area contributed by atoms with Gasteiger partial charge in [0, 0.05) is 11.1 Å². The Balaban J connectivity index is 2.34. The third-order valence-corrected chi connectivity index (χ3v) is 3.13. The van der Waals surface area contributed by atoms with E-state index in [4.69, 9.17) is 16.7 Å². The fourth-order valence-electron chi connectivity index (χ4n) is 1.74. The normalized spacial score (nSPS) is 11.8. The minimum atomic E-state index is -1.15. The lowest BCUT2D eigenvalue weighted by atomic mass is 10.0. The zero-order valence-electron chi connectivity index (χ0n) is 9.92. The summed E-state index contributed by atoms with van der Waals surface area (Å²) in [6, 6.07) is 15.2. The van der Waals surface area contributed by atoms with Crippen LogP contribution in [-0.4, -0.2) is 16.9 Å². The van der Waals surface area contributed by atoms with Gasteiger partial charge >= 0.3 is 5.97 Å². The van der Waals surface area contributed by atoms with Gasteiger partial charge in [-0.15, -0.1) is 11.6 Å². The molecule has 0 bridgehead atoms. The van der Waals surface area contributed by atoms with Crippen molar-refractivity contribution in [1.29, 1.82) is 0 Å². The van der Waals surface area contributed by atoms with E-state index in [-0.39, 0.29) is 5.78 Å². The third kappa shape index (κ3) is 3.01. The number of hydrogen-bond acceptors (Lipinski definition) is 2. The molecule has 0 aliphatic rings. The molecule has 0 fully saturated rings. The van der Waals surface area contributed by atoms with Crippen molar-refractivity contribution in [3.8, 4) is 0 Å². The molecule has 2 aromatic carbocycles. The van der Waals surface area contributed by atoms with Gasteiger partial charge in [-0.05, 0) is 11.6 Å².